The predicted molar refractivity (Wildman–Crippen MR) is 78.3 cm³/mol. The Morgan fingerprint density at radius 2 is 1.67 bits per heavy atom. The average molecular weight is 358 g/mol. The molecule has 2 aromatic rings. The number of rotatable bonds is 3. The molecule has 0 fully saturated rings. The molecule has 0 atom stereocenters. The second-order valence-corrected chi connectivity index (χ2v) is 5.28. The topological polar surface area (TPSA) is 29.1 Å². The first-order valence-electron chi connectivity index (χ1n) is 6.07. The third-order valence-corrected chi connectivity index (χ3v) is 3.43. The molecule has 2 nitrogen and oxygen atoms in total. The summed E-state index contributed by atoms with van der Waals surface area (Å²) in [5.74, 6) is -0.328. The van der Waals surface area contributed by atoms with E-state index in [1.165, 1.54) is 24.3 Å². The molecule has 0 bridgehead atoms. The molecule has 0 unspecified atom stereocenters. The number of carbonyl (C=O) groups excluding carboxylic acids is 1. The highest BCUT2D eigenvalue weighted by molar-refractivity contribution is 9.10. The Balaban J connectivity index is 2.07. The molecule has 1 amide bonds. The lowest BCUT2D eigenvalue weighted by molar-refractivity contribution is -0.127. The van der Waals surface area contributed by atoms with Crippen molar-refractivity contribution in [2.24, 2.45) is 0 Å². The summed E-state index contributed by atoms with van der Waals surface area (Å²) < 4.78 is 37.4. The number of nitrogens with one attached hydrogen (secondary N) is 1. The maximum atomic E-state index is 12.2. The van der Waals surface area contributed by atoms with Crippen LogP contribution in [0.4, 0.5) is 18.9 Å². The molecule has 0 aliphatic rings. The molecule has 21 heavy (non-hydrogen) atoms. The Kier molecular flexibility index (Phi) is 4.67. The quantitative estimate of drug-likeness (QED) is 0.839. The number of carbonyl (C=O) groups is 1. The minimum Gasteiger partial charge on any atom is -0.322 e. The van der Waals surface area contributed by atoms with Crippen molar-refractivity contribution in [3.63, 3.8) is 0 Å². The van der Waals surface area contributed by atoms with Crippen molar-refractivity contribution in [2.75, 3.05) is 5.32 Å². The minimum atomic E-state index is -4.24. The van der Waals surface area contributed by atoms with Gasteiger partial charge in [-0.3, -0.25) is 4.79 Å². The zero-order chi connectivity index (χ0) is 15.5. The van der Waals surface area contributed by atoms with Crippen LogP contribution in [0.15, 0.2) is 53.0 Å². The second-order valence-electron chi connectivity index (χ2n) is 4.42. The van der Waals surface area contributed by atoms with Gasteiger partial charge in [0.25, 0.3) is 5.91 Å². The fraction of sp³-hybridized carbons (Fsp3) is 0.133. The van der Waals surface area contributed by atoms with Crippen molar-refractivity contribution >= 4 is 27.5 Å². The molecule has 0 aliphatic carbocycles. The van der Waals surface area contributed by atoms with Gasteiger partial charge in [-0.05, 0) is 45.8 Å². The summed E-state index contributed by atoms with van der Waals surface area (Å²) in [4.78, 5) is 12.0. The van der Waals surface area contributed by atoms with Crippen LogP contribution < -0.4 is 5.32 Å². The van der Waals surface area contributed by atoms with Gasteiger partial charge in [-0.1, -0.05) is 24.3 Å². The predicted octanol–water partition coefficient (Wildman–Crippen LogP) is 4.81. The summed E-state index contributed by atoms with van der Waals surface area (Å²) in [5.41, 5.74) is 1.06. The van der Waals surface area contributed by atoms with Gasteiger partial charge in [-0.15, -0.1) is 0 Å². The van der Waals surface area contributed by atoms with E-state index in [1.54, 1.807) is 24.3 Å². The van der Waals surface area contributed by atoms with Crippen molar-refractivity contribution in [1.29, 1.82) is 0 Å². The lowest BCUT2D eigenvalue weighted by Gasteiger charge is -2.09. The van der Waals surface area contributed by atoms with Gasteiger partial charge in [-0.25, -0.2) is 0 Å². The molecule has 2 rings (SSSR count). The van der Waals surface area contributed by atoms with Gasteiger partial charge in [0.15, 0.2) is 0 Å². The van der Waals surface area contributed by atoms with E-state index in [9.17, 15) is 18.0 Å². The molecular formula is C15H11BrF3NO. The van der Waals surface area contributed by atoms with Gasteiger partial charge in [0.2, 0.25) is 0 Å². The maximum absolute atomic E-state index is 12.2. The molecule has 0 spiro atoms. The zero-order valence-corrected chi connectivity index (χ0v) is 12.3. The number of benzene rings is 2. The van der Waals surface area contributed by atoms with Gasteiger partial charge in [0.1, 0.15) is 0 Å². The van der Waals surface area contributed by atoms with Crippen molar-refractivity contribution in [3.8, 4) is 0 Å². The zero-order valence-electron chi connectivity index (χ0n) is 10.7. The van der Waals surface area contributed by atoms with Crippen LogP contribution in [0.3, 0.4) is 0 Å². The van der Waals surface area contributed by atoms with E-state index < -0.39 is 12.6 Å². The first-order valence-corrected chi connectivity index (χ1v) is 6.86. The third kappa shape index (κ3) is 4.60. The van der Waals surface area contributed by atoms with Gasteiger partial charge in [0, 0.05) is 10.2 Å². The molecule has 6 heteroatoms. The third-order valence-electron chi connectivity index (χ3n) is 2.73. The Labute approximate surface area is 128 Å². The molecule has 0 saturated carbocycles. The largest absolute Gasteiger partial charge is 0.393 e. The van der Waals surface area contributed by atoms with Crippen molar-refractivity contribution in [3.05, 3.63) is 64.1 Å². The van der Waals surface area contributed by atoms with Crippen LogP contribution in [0.2, 0.25) is 0 Å². The number of halogens is 4. The molecule has 0 aliphatic heterocycles. The van der Waals surface area contributed by atoms with E-state index in [0.717, 1.165) is 0 Å². The van der Waals surface area contributed by atoms with Crippen LogP contribution in [0, 0.1) is 0 Å². The van der Waals surface area contributed by atoms with E-state index in [0.29, 0.717) is 15.7 Å². The molecule has 110 valence electrons. The van der Waals surface area contributed by atoms with Crippen molar-refractivity contribution in [1.82, 2.24) is 0 Å². The number of anilines is 1. The van der Waals surface area contributed by atoms with E-state index in [2.05, 4.69) is 21.2 Å². The minimum absolute atomic E-state index is 0.154. The Hall–Kier alpha value is -1.82. The summed E-state index contributed by atoms with van der Waals surface area (Å²) in [6.07, 6.45) is -5.22. The summed E-state index contributed by atoms with van der Waals surface area (Å²) in [6, 6.07) is 12.5. The monoisotopic (exact) mass is 357 g/mol. The second kappa shape index (κ2) is 6.30. The fourth-order valence-corrected chi connectivity index (χ4v) is 2.25. The van der Waals surface area contributed by atoms with Gasteiger partial charge >= 0.3 is 6.18 Å². The lowest BCUT2D eigenvalue weighted by atomic mass is 10.1. The molecule has 0 radical (unpaired) electrons. The lowest BCUT2D eigenvalue weighted by Crippen LogP contribution is -2.13. The Morgan fingerprint density at radius 1 is 1.05 bits per heavy atom. The summed E-state index contributed by atoms with van der Waals surface area (Å²) >= 11 is 3.27. The standard InChI is InChI=1S/C15H11BrF3NO/c16-13-4-2-1-3-12(13)14(21)20-11-7-5-10(6-8-11)9-15(17,18)19/h1-8H,9H2,(H,20,21). The SMILES string of the molecule is O=C(Nc1ccc(CC(F)(F)F)cc1)c1ccccc1Br. The molecule has 0 saturated heterocycles. The van der Waals surface area contributed by atoms with Crippen molar-refractivity contribution < 1.29 is 18.0 Å². The first-order chi connectivity index (χ1) is 9.85. The summed E-state index contributed by atoms with van der Waals surface area (Å²) in [7, 11) is 0. The van der Waals surface area contributed by atoms with E-state index in [-0.39, 0.29) is 11.5 Å². The van der Waals surface area contributed by atoms with Gasteiger partial charge in [-0.2, -0.15) is 13.2 Å². The Bertz CT molecular complexity index is 638. The van der Waals surface area contributed by atoms with Crippen LogP contribution in [0.5, 0.6) is 0 Å². The van der Waals surface area contributed by atoms with Crippen LogP contribution in [-0.2, 0) is 6.42 Å². The number of alkyl halides is 3. The van der Waals surface area contributed by atoms with E-state index >= 15 is 0 Å². The number of amides is 1. The van der Waals surface area contributed by atoms with E-state index in [1.807, 2.05) is 0 Å². The van der Waals surface area contributed by atoms with E-state index in [4.69, 9.17) is 0 Å². The average Bonchev–Trinajstić information content (AvgIpc) is 2.40. The van der Waals surface area contributed by atoms with Crippen LogP contribution in [0.25, 0.3) is 0 Å². The number of hydrogen-bond acceptors (Lipinski definition) is 1. The highest BCUT2D eigenvalue weighted by atomic mass is 79.9. The molecular weight excluding hydrogens is 347 g/mol. The highest BCUT2D eigenvalue weighted by Gasteiger charge is 2.27. The normalized spacial score (nSPS) is 11.2. The molecule has 0 heterocycles. The van der Waals surface area contributed by atoms with Crippen LogP contribution >= 0.6 is 15.9 Å². The Morgan fingerprint density at radius 3 is 2.24 bits per heavy atom. The van der Waals surface area contributed by atoms with Crippen molar-refractivity contribution in [2.45, 2.75) is 12.6 Å². The van der Waals surface area contributed by atoms with Crippen LogP contribution in [-0.4, -0.2) is 12.1 Å². The van der Waals surface area contributed by atoms with Gasteiger partial charge < -0.3 is 5.32 Å². The molecule has 1 N–H and O–H groups in total. The molecule has 0 aromatic heterocycles. The fourth-order valence-electron chi connectivity index (χ4n) is 1.78. The summed E-state index contributed by atoms with van der Waals surface area (Å²) in [5, 5.41) is 2.64. The molecule has 2 aromatic carbocycles. The maximum Gasteiger partial charge on any atom is 0.393 e. The van der Waals surface area contributed by atoms with Gasteiger partial charge in [0.05, 0.1) is 12.0 Å². The summed E-state index contributed by atoms with van der Waals surface area (Å²) in [6.45, 7) is 0. The van der Waals surface area contributed by atoms with Crippen LogP contribution in [0.1, 0.15) is 15.9 Å². The first kappa shape index (κ1) is 15.6. The smallest absolute Gasteiger partial charge is 0.322 e. The highest BCUT2D eigenvalue weighted by Crippen LogP contribution is 2.23. The number of hydrogen-bond donors (Lipinski definition) is 1.